The lowest BCUT2D eigenvalue weighted by molar-refractivity contribution is 0.0420. The number of ether oxygens (including phenoxy) is 2. The number of aliphatic imine (C=N–C) groups is 1. The Bertz CT molecular complexity index is 996. The number of guanidine groups is 1. The molecule has 2 aromatic carbocycles. The smallest absolute Gasteiger partial charge is 0.191 e. The summed E-state index contributed by atoms with van der Waals surface area (Å²) < 4.78 is 13.2. The molecule has 7 heteroatoms. The van der Waals surface area contributed by atoms with Gasteiger partial charge in [-0.05, 0) is 35.1 Å². The third-order valence-electron chi connectivity index (χ3n) is 5.73. The van der Waals surface area contributed by atoms with Gasteiger partial charge in [0.2, 0.25) is 0 Å². The molecule has 1 aliphatic heterocycles. The van der Waals surface area contributed by atoms with Crippen LogP contribution in [0.1, 0.15) is 24.0 Å². The van der Waals surface area contributed by atoms with Gasteiger partial charge in [-0.25, -0.2) is 4.98 Å². The Morgan fingerprint density at radius 2 is 2.06 bits per heavy atom. The zero-order chi connectivity index (χ0) is 22.7. The summed E-state index contributed by atoms with van der Waals surface area (Å²) in [4.78, 5) is 8.46. The third kappa shape index (κ3) is 6.91. The van der Waals surface area contributed by atoms with Gasteiger partial charge in [0.05, 0.1) is 19.0 Å². The molecule has 2 heterocycles. The van der Waals surface area contributed by atoms with Crippen molar-refractivity contribution in [2.75, 3.05) is 33.4 Å². The quantitative estimate of drug-likeness (QED) is 0.283. The molecule has 1 saturated heterocycles. The van der Waals surface area contributed by atoms with E-state index in [1.54, 1.807) is 13.2 Å². The van der Waals surface area contributed by atoms with Crippen molar-refractivity contribution >= 4 is 5.96 Å². The van der Waals surface area contributed by atoms with Crippen molar-refractivity contribution in [1.82, 2.24) is 20.2 Å². The molecule has 0 saturated carbocycles. The van der Waals surface area contributed by atoms with Gasteiger partial charge < -0.3 is 24.7 Å². The van der Waals surface area contributed by atoms with Crippen molar-refractivity contribution in [2.24, 2.45) is 4.99 Å². The SMILES string of the molecule is CN=C(NCCCOC1CCOC1)NCc1ccccc1-c1ccc(Cn2ccnc2)cc1. The first-order valence-corrected chi connectivity index (χ1v) is 11.6. The Labute approximate surface area is 195 Å². The van der Waals surface area contributed by atoms with E-state index < -0.39 is 0 Å². The topological polar surface area (TPSA) is 72.7 Å². The summed E-state index contributed by atoms with van der Waals surface area (Å²) in [7, 11) is 1.80. The van der Waals surface area contributed by atoms with Crippen LogP contribution in [0.4, 0.5) is 0 Å². The van der Waals surface area contributed by atoms with E-state index in [2.05, 4.69) is 73.7 Å². The van der Waals surface area contributed by atoms with Gasteiger partial charge in [0.15, 0.2) is 5.96 Å². The van der Waals surface area contributed by atoms with Gasteiger partial charge in [-0.15, -0.1) is 0 Å². The van der Waals surface area contributed by atoms with E-state index in [9.17, 15) is 0 Å². The maximum Gasteiger partial charge on any atom is 0.191 e. The molecule has 2 N–H and O–H groups in total. The first-order chi connectivity index (χ1) is 16.3. The van der Waals surface area contributed by atoms with Crippen LogP contribution in [0.3, 0.4) is 0 Å². The zero-order valence-corrected chi connectivity index (χ0v) is 19.2. The highest BCUT2D eigenvalue weighted by molar-refractivity contribution is 5.80. The molecule has 0 bridgehead atoms. The van der Waals surface area contributed by atoms with Gasteiger partial charge in [0.25, 0.3) is 0 Å². The summed E-state index contributed by atoms with van der Waals surface area (Å²) in [6, 6.07) is 17.2. The molecule has 1 aromatic heterocycles. The number of imidazole rings is 1. The minimum Gasteiger partial charge on any atom is -0.379 e. The van der Waals surface area contributed by atoms with Crippen molar-refractivity contribution < 1.29 is 9.47 Å². The van der Waals surface area contributed by atoms with Crippen LogP contribution in [0.25, 0.3) is 11.1 Å². The average molecular weight is 448 g/mol. The fourth-order valence-corrected chi connectivity index (χ4v) is 3.91. The molecule has 0 radical (unpaired) electrons. The predicted molar refractivity (Wildman–Crippen MR) is 131 cm³/mol. The second-order valence-corrected chi connectivity index (χ2v) is 8.15. The molecule has 0 aliphatic carbocycles. The Balaban J connectivity index is 1.27. The molecule has 3 aromatic rings. The predicted octanol–water partition coefficient (Wildman–Crippen LogP) is 3.46. The highest BCUT2D eigenvalue weighted by Crippen LogP contribution is 2.24. The van der Waals surface area contributed by atoms with Gasteiger partial charge in [-0.1, -0.05) is 48.5 Å². The van der Waals surface area contributed by atoms with E-state index in [-0.39, 0.29) is 6.10 Å². The van der Waals surface area contributed by atoms with Crippen molar-refractivity contribution in [2.45, 2.75) is 32.0 Å². The lowest BCUT2D eigenvalue weighted by Crippen LogP contribution is -2.37. The van der Waals surface area contributed by atoms with E-state index in [1.165, 1.54) is 22.3 Å². The highest BCUT2D eigenvalue weighted by atomic mass is 16.5. The molecule has 0 spiro atoms. The Morgan fingerprint density at radius 1 is 1.18 bits per heavy atom. The molecule has 7 nitrogen and oxygen atoms in total. The molecule has 1 atom stereocenters. The summed E-state index contributed by atoms with van der Waals surface area (Å²) in [5.41, 5.74) is 4.91. The highest BCUT2D eigenvalue weighted by Gasteiger charge is 2.15. The average Bonchev–Trinajstić information content (AvgIpc) is 3.56. The lowest BCUT2D eigenvalue weighted by Gasteiger charge is -2.15. The van der Waals surface area contributed by atoms with E-state index in [0.29, 0.717) is 6.54 Å². The largest absolute Gasteiger partial charge is 0.379 e. The van der Waals surface area contributed by atoms with Gasteiger partial charge in [-0.2, -0.15) is 0 Å². The van der Waals surface area contributed by atoms with Crippen molar-refractivity contribution in [3.63, 3.8) is 0 Å². The first-order valence-electron chi connectivity index (χ1n) is 11.6. The monoisotopic (exact) mass is 447 g/mol. The van der Waals surface area contributed by atoms with E-state index in [4.69, 9.17) is 9.47 Å². The fraction of sp³-hybridized carbons (Fsp3) is 0.385. The summed E-state index contributed by atoms with van der Waals surface area (Å²) in [5.74, 6) is 0.796. The summed E-state index contributed by atoms with van der Waals surface area (Å²) >= 11 is 0. The van der Waals surface area contributed by atoms with Crippen LogP contribution in [0, 0.1) is 0 Å². The first kappa shape index (κ1) is 23.0. The molecular weight excluding hydrogens is 414 g/mol. The van der Waals surface area contributed by atoms with Crippen LogP contribution >= 0.6 is 0 Å². The standard InChI is InChI=1S/C26H33N5O2/c1-27-26(29-12-4-15-33-24-11-16-32-19-24)30-17-23-5-2-3-6-25(23)22-9-7-21(8-10-22)18-31-14-13-28-20-31/h2-3,5-10,13-14,20,24H,4,11-12,15-19H2,1H3,(H2,27,29,30). The molecule has 4 rings (SSSR count). The summed E-state index contributed by atoms with van der Waals surface area (Å²) in [5, 5.41) is 6.81. The maximum atomic E-state index is 5.82. The summed E-state index contributed by atoms with van der Waals surface area (Å²) in [6.45, 7) is 4.61. The Kier molecular flexibility index (Phi) is 8.49. The van der Waals surface area contributed by atoms with Crippen LogP contribution < -0.4 is 10.6 Å². The van der Waals surface area contributed by atoms with Crippen molar-refractivity contribution in [1.29, 1.82) is 0 Å². The lowest BCUT2D eigenvalue weighted by atomic mass is 9.98. The zero-order valence-electron chi connectivity index (χ0n) is 19.2. The molecular formula is C26H33N5O2. The molecule has 1 fully saturated rings. The van der Waals surface area contributed by atoms with E-state index >= 15 is 0 Å². The molecule has 0 amide bonds. The normalized spacial score (nSPS) is 16.2. The van der Waals surface area contributed by atoms with Gasteiger partial charge in [0.1, 0.15) is 0 Å². The van der Waals surface area contributed by atoms with Crippen LogP contribution in [-0.2, 0) is 22.6 Å². The van der Waals surface area contributed by atoms with Gasteiger partial charge >= 0.3 is 0 Å². The molecule has 1 unspecified atom stereocenters. The molecule has 33 heavy (non-hydrogen) atoms. The van der Waals surface area contributed by atoms with Crippen LogP contribution in [0.5, 0.6) is 0 Å². The van der Waals surface area contributed by atoms with Crippen molar-refractivity contribution in [3.8, 4) is 11.1 Å². The Hall–Kier alpha value is -3.16. The molecule has 174 valence electrons. The van der Waals surface area contributed by atoms with E-state index in [0.717, 1.165) is 51.7 Å². The van der Waals surface area contributed by atoms with E-state index in [1.807, 2.05) is 12.5 Å². The number of nitrogens with one attached hydrogen (secondary N) is 2. The van der Waals surface area contributed by atoms with Gasteiger partial charge in [0, 0.05) is 52.3 Å². The maximum absolute atomic E-state index is 5.82. The number of rotatable bonds is 10. The second kappa shape index (κ2) is 12.2. The van der Waals surface area contributed by atoms with Crippen molar-refractivity contribution in [3.05, 3.63) is 78.4 Å². The van der Waals surface area contributed by atoms with Crippen LogP contribution in [0.2, 0.25) is 0 Å². The van der Waals surface area contributed by atoms with Crippen LogP contribution in [-0.4, -0.2) is 55.0 Å². The summed E-state index contributed by atoms with van der Waals surface area (Å²) in [6.07, 6.45) is 7.82. The minimum atomic E-state index is 0.263. The third-order valence-corrected chi connectivity index (χ3v) is 5.73. The second-order valence-electron chi connectivity index (χ2n) is 8.15. The number of hydrogen-bond donors (Lipinski definition) is 2. The number of benzene rings is 2. The number of hydrogen-bond acceptors (Lipinski definition) is 4. The van der Waals surface area contributed by atoms with Crippen LogP contribution in [0.15, 0.2) is 72.2 Å². The fourth-order valence-electron chi connectivity index (χ4n) is 3.91. The number of nitrogens with zero attached hydrogens (tertiary/aromatic N) is 3. The molecule has 1 aliphatic rings. The minimum absolute atomic E-state index is 0.263. The Morgan fingerprint density at radius 3 is 2.82 bits per heavy atom. The number of aromatic nitrogens is 2. The van der Waals surface area contributed by atoms with Gasteiger partial charge in [-0.3, -0.25) is 4.99 Å².